The average Bonchev–Trinajstić information content (AvgIpc) is 2.80. The molecule has 0 spiro atoms. The van der Waals surface area contributed by atoms with Crippen LogP contribution in [-0.4, -0.2) is 38.0 Å². The second-order valence-electron chi connectivity index (χ2n) is 7.35. The van der Waals surface area contributed by atoms with Crippen LogP contribution in [0, 0.1) is 0 Å². The largest absolute Gasteiger partial charge is 0.497 e. The van der Waals surface area contributed by atoms with E-state index in [1.807, 2.05) is 36.4 Å². The molecule has 0 radical (unpaired) electrons. The number of anilines is 2. The van der Waals surface area contributed by atoms with E-state index in [1.54, 1.807) is 38.3 Å². The zero-order valence-electron chi connectivity index (χ0n) is 17.3. The minimum Gasteiger partial charge on any atom is -0.497 e. The van der Waals surface area contributed by atoms with Crippen molar-refractivity contribution in [1.29, 1.82) is 0 Å². The molecule has 1 N–H and O–H groups in total. The maximum absolute atomic E-state index is 12.7. The third kappa shape index (κ3) is 4.21. The zero-order valence-corrected chi connectivity index (χ0v) is 17.3. The summed E-state index contributed by atoms with van der Waals surface area (Å²) in [5.74, 6) is -1.03. The van der Waals surface area contributed by atoms with E-state index in [2.05, 4.69) is 5.32 Å². The van der Waals surface area contributed by atoms with Crippen molar-refractivity contribution in [1.82, 2.24) is 0 Å². The highest BCUT2D eigenvalue weighted by atomic mass is 16.5. The van der Waals surface area contributed by atoms with Crippen molar-refractivity contribution in [3.8, 4) is 5.75 Å². The third-order valence-corrected chi connectivity index (χ3v) is 5.33. The molecule has 1 atom stereocenters. The molecule has 31 heavy (non-hydrogen) atoms. The molecule has 2 amide bonds. The minimum absolute atomic E-state index is 0.114. The summed E-state index contributed by atoms with van der Waals surface area (Å²) in [5, 5.41) is 4.70. The number of carbonyl (C=O) groups is 3. The van der Waals surface area contributed by atoms with E-state index < -0.39 is 24.4 Å². The number of benzene rings is 3. The molecule has 4 rings (SSSR count). The number of ether oxygens (including phenoxy) is 2. The van der Waals surface area contributed by atoms with Crippen molar-refractivity contribution in [2.45, 2.75) is 12.8 Å². The van der Waals surface area contributed by atoms with Crippen LogP contribution >= 0.6 is 0 Å². The van der Waals surface area contributed by atoms with Crippen molar-refractivity contribution in [3.63, 3.8) is 0 Å². The highest BCUT2D eigenvalue weighted by Crippen LogP contribution is 2.29. The van der Waals surface area contributed by atoms with Gasteiger partial charge >= 0.3 is 5.97 Å². The molecule has 0 saturated heterocycles. The highest BCUT2D eigenvalue weighted by Gasteiger charge is 2.28. The molecular formula is C24H22N2O5. The van der Waals surface area contributed by atoms with Crippen LogP contribution in [0.2, 0.25) is 0 Å². The van der Waals surface area contributed by atoms with Gasteiger partial charge in [-0.2, -0.15) is 0 Å². The number of methoxy groups -OCH3 is 1. The molecule has 1 aliphatic rings. The van der Waals surface area contributed by atoms with Gasteiger partial charge in [-0.05, 0) is 47.5 Å². The lowest BCUT2D eigenvalue weighted by atomic mass is 9.98. The summed E-state index contributed by atoms with van der Waals surface area (Å²) < 4.78 is 10.5. The molecule has 0 fully saturated rings. The predicted octanol–water partition coefficient (Wildman–Crippen LogP) is 3.48. The molecule has 0 saturated carbocycles. The summed E-state index contributed by atoms with van der Waals surface area (Å²) >= 11 is 0. The van der Waals surface area contributed by atoms with Crippen LogP contribution in [-0.2, 0) is 19.1 Å². The Morgan fingerprint density at radius 2 is 1.81 bits per heavy atom. The summed E-state index contributed by atoms with van der Waals surface area (Å²) in [6.07, 6.45) is 0. The van der Waals surface area contributed by atoms with E-state index in [0.717, 1.165) is 22.1 Å². The smallest absolute Gasteiger partial charge is 0.313 e. The van der Waals surface area contributed by atoms with Gasteiger partial charge < -0.3 is 14.8 Å². The van der Waals surface area contributed by atoms with Gasteiger partial charge in [0, 0.05) is 0 Å². The molecule has 1 aliphatic heterocycles. The number of amides is 2. The number of rotatable bonds is 5. The number of hydrogen-bond acceptors (Lipinski definition) is 5. The van der Waals surface area contributed by atoms with E-state index in [4.69, 9.17) is 9.47 Å². The van der Waals surface area contributed by atoms with Gasteiger partial charge in [-0.25, -0.2) is 0 Å². The standard InChI is InChI=1S/C24H22N2O5/c1-15(16-7-8-18-12-19(30-2)10-9-17(18)11-16)24(29)31-14-23(28)26-13-22(27)25-20-5-3-4-6-21(20)26/h3-12,15H,13-14H2,1-2H3,(H,25,27)/t15-/m0/s1. The second-order valence-corrected chi connectivity index (χ2v) is 7.35. The second kappa shape index (κ2) is 8.47. The lowest BCUT2D eigenvalue weighted by Crippen LogP contribution is -2.44. The molecule has 3 aromatic carbocycles. The van der Waals surface area contributed by atoms with E-state index in [1.165, 1.54) is 4.90 Å². The summed E-state index contributed by atoms with van der Waals surface area (Å²) in [5.41, 5.74) is 1.93. The average molecular weight is 418 g/mol. The van der Waals surface area contributed by atoms with Crippen LogP contribution in [0.15, 0.2) is 60.7 Å². The molecule has 0 unspecified atom stereocenters. The molecule has 0 aromatic heterocycles. The first-order valence-electron chi connectivity index (χ1n) is 9.90. The number of hydrogen-bond donors (Lipinski definition) is 1. The van der Waals surface area contributed by atoms with Crippen LogP contribution in [0.3, 0.4) is 0 Å². The number of esters is 1. The van der Waals surface area contributed by atoms with Gasteiger partial charge in [0.15, 0.2) is 6.61 Å². The summed E-state index contributed by atoms with van der Waals surface area (Å²) in [7, 11) is 1.61. The quantitative estimate of drug-likeness (QED) is 0.642. The Hall–Kier alpha value is -3.87. The van der Waals surface area contributed by atoms with E-state index in [0.29, 0.717) is 11.4 Å². The highest BCUT2D eigenvalue weighted by molar-refractivity contribution is 6.10. The van der Waals surface area contributed by atoms with Crippen molar-refractivity contribution in [3.05, 3.63) is 66.2 Å². The van der Waals surface area contributed by atoms with Crippen molar-refractivity contribution in [2.24, 2.45) is 0 Å². The SMILES string of the molecule is COc1ccc2cc([C@H](C)C(=O)OCC(=O)N3CC(=O)Nc4ccccc43)ccc2c1. The van der Waals surface area contributed by atoms with Crippen LogP contribution in [0.25, 0.3) is 10.8 Å². The van der Waals surface area contributed by atoms with Crippen molar-refractivity contribution < 1.29 is 23.9 Å². The van der Waals surface area contributed by atoms with Crippen LogP contribution < -0.4 is 15.0 Å². The van der Waals surface area contributed by atoms with Gasteiger partial charge in [-0.15, -0.1) is 0 Å². The van der Waals surface area contributed by atoms with E-state index in [-0.39, 0.29) is 12.5 Å². The number of fused-ring (bicyclic) bond motifs is 2. The molecule has 0 aliphatic carbocycles. The van der Waals surface area contributed by atoms with E-state index in [9.17, 15) is 14.4 Å². The van der Waals surface area contributed by atoms with E-state index >= 15 is 0 Å². The molecule has 0 bridgehead atoms. The Kier molecular flexibility index (Phi) is 5.58. The zero-order chi connectivity index (χ0) is 22.0. The van der Waals surface area contributed by atoms with Crippen molar-refractivity contribution in [2.75, 3.05) is 30.5 Å². The lowest BCUT2D eigenvalue weighted by Gasteiger charge is -2.29. The molecule has 3 aromatic rings. The maximum Gasteiger partial charge on any atom is 0.313 e. The summed E-state index contributed by atoms with van der Waals surface area (Å²) in [6.45, 7) is 1.19. The molecular weight excluding hydrogens is 396 g/mol. The Morgan fingerprint density at radius 3 is 2.61 bits per heavy atom. The van der Waals surface area contributed by atoms with Crippen LogP contribution in [0.4, 0.5) is 11.4 Å². The fourth-order valence-corrected chi connectivity index (χ4v) is 3.57. The first kappa shape index (κ1) is 20.4. The van der Waals surface area contributed by atoms with Crippen molar-refractivity contribution >= 4 is 39.9 Å². The Bertz CT molecular complexity index is 1170. The first-order chi connectivity index (χ1) is 15.0. The number of nitrogens with zero attached hydrogens (tertiary/aromatic N) is 1. The Labute approximate surface area is 179 Å². The maximum atomic E-state index is 12.7. The fraction of sp³-hybridized carbons (Fsp3) is 0.208. The Morgan fingerprint density at radius 1 is 1.06 bits per heavy atom. The number of para-hydroxylation sites is 2. The topological polar surface area (TPSA) is 84.9 Å². The van der Waals surface area contributed by atoms with Gasteiger partial charge in [0.25, 0.3) is 5.91 Å². The van der Waals surface area contributed by atoms with Gasteiger partial charge in [0.1, 0.15) is 12.3 Å². The Balaban J connectivity index is 1.43. The molecule has 7 nitrogen and oxygen atoms in total. The lowest BCUT2D eigenvalue weighted by molar-refractivity contribution is -0.149. The van der Waals surface area contributed by atoms with Gasteiger partial charge in [0.05, 0.1) is 24.4 Å². The summed E-state index contributed by atoms with van der Waals surface area (Å²) in [6, 6.07) is 18.4. The van der Waals surface area contributed by atoms with Gasteiger partial charge in [0.2, 0.25) is 5.91 Å². The fourth-order valence-electron chi connectivity index (χ4n) is 3.57. The monoisotopic (exact) mass is 418 g/mol. The van der Waals surface area contributed by atoms with Crippen LogP contribution in [0.5, 0.6) is 5.75 Å². The number of nitrogens with one attached hydrogen (secondary N) is 1. The van der Waals surface area contributed by atoms with Gasteiger partial charge in [-0.3, -0.25) is 19.3 Å². The summed E-state index contributed by atoms with van der Waals surface area (Å²) in [4.78, 5) is 38.5. The van der Waals surface area contributed by atoms with Crippen LogP contribution in [0.1, 0.15) is 18.4 Å². The minimum atomic E-state index is -0.545. The van der Waals surface area contributed by atoms with Gasteiger partial charge in [-0.1, -0.05) is 36.4 Å². The normalized spacial score (nSPS) is 13.9. The predicted molar refractivity (Wildman–Crippen MR) is 117 cm³/mol. The third-order valence-electron chi connectivity index (χ3n) is 5.33. The molecule has 158 valence electrons. The molecule has 7 heteroatoms. The number of carbonyl (C=O) groups excluding carboxylic acids is 3. The molecule has 1 heterocycles. The first-order valence-corrected chi connectivity index (χ1v) is 9.90.